The van der Waals surface area contributed by atoms with Gasteiger partial charge in [0.05, 0.1) is 18.0 Å². The Bertz CT molecular complexity index is 1150. The molecule has 0 unspecified atom stereocenters. The third-order valence-electron chi connectivity index (χ3n) is 4.78. The van der Waals surface area contributed by atoms with Gasteiger partial charge in [-0.05, 0) is 42.1 Å². The predicted molar refractivity (Wildman–Crippen MR) is 145 cm³/mol. The number of anilines is 3. The lowest BCUT2D eigenvalue weighted by molar-refractivity contribution is -0.113. The van der Waals surface area contributed by atoms with Gasteiger partial charge in [-0.15, -0.1) is 0 Å². The predicted octanol–water partition coefficient (Wildman–Crippen LogP) is 5.13. The molecule has 1 aliphatic heterocycles. The number of benzene rings is 1. The fourth-order valence-corrected chi connectivity index (χ4v) is 3.10. The first-order valence-electron chi connectivity index (χ1n) is 11.7. The van der Waals surface area contributed by atoms with Crippen LogP contribution in [-0.4, -0.2) is 41.0 Å². The van der Waals surface area contributed by atoms with Crippen LogP contribution in [0, 0.1) is 11.3 Å². The maximum atomic E-state index is 11.7. The molecule has 0 bridgehead atoms. The molecule has 0 saturated carbocycles. The number of nitriles is 1. The number of aromatic nitrogens is 3. The molecule has 0 atom stereocenters. The number of likely N-dealkylation sites (N-methyl/N-ethyl adjacent to an activating group) is 1. The van der Waals surface area contributed by atoms with Crippen LogP contribution in [0.1, 0.15) is 39.7 Å². The summed E-state index contributed by atoms with van der Waals surface area (Å²) in [5, 5.41) is 10.5. The largest absolute Gasteiger partial charge is 0.368 e. The summed E-state index contributed by atoms with van der Waals surface area (Å²) >= 11 is 0. The summed E-state index contributed by atoms with van der Waals surface area (Å²) in [6.07, 6.45) is 11.3. The van der Waals surface area contributed by atoms with Crippen LogP contribution in [-0.2, 0) is 4.79 Å². The number of nitrogen functional groups attached to an aromatic ring is 1. The van der Waals surface area contributed by atoms with E-state index in [1.807, 2.05) is 64.2 Å². The summed E-state index contributed by atoms with van der Waals surface area (Å²) < 4.78 is 0. The lowest BCUT2D eigenvalue weighted by Crippen LogP contribution is -2.27. The average molecular weight is 474 g/mol. The Balaban J connectivity index is 0.000000394. The summed E-state index contributed by atoms with van der Waals surface area (Å²) in [5.74, 6) is 1.08. The normalized spacial score (nSPS) is 11.4. The fraction of sp³-hybridized carbons (Fsp3) is 0.296. The van der Waals surface area contributed by atoms with Crippen LogP contribution in [0.2, 0.25) is 0 Å². The molecule has 3 aromatic rings. The highest BCUT2D eigenvalue weighted by Crippen LogP contribution is 2.29. The van der Waals surface area contributed by atoms with E-state index >= 15 is 0 Å². The highest BCUT2D eigenvalue weighted by Gasteiger charge is 2.14. The van der Waals surface area contributed by atoms with E-state index in [0.29, 0.717) is 5.56 Å². The highest BCUT2D eigenvalue weighted by molar-refractivity contribution is 6.03. The van der Waals surface area contributed by atoms with Gasteiger partial charge >= 0.3 is 0 Å². The van der Waals surface area contributed by atoms with Crippen LogP contribution in [0.3, 0.4) is 0 Å². The number of amides is 1. The highest BCUT2D eigenvalue weighted by atomic mass is 16.2. The van der Waals surface area contributed by atoms with Crippen molar-refractivity contribution in [3.8, 4) is 6.07 Å². The minimum Gasteiger partial charge on any atom is -0.368 e. The molecule has 1 aromatic carbocycles. The Morgan fingerprint density at radius 3 is 2.40 bits per heavy atom. The number of hydrogen-bond donors (Lipinski definition) is 1. The van der Waals surface area contributed by atoms with Gasteiger partial charge in [-0.2, -0.15) is 5.26 Å². The van der Waals surface area contributed by atoms with Crippen molar-refractivity contribution in [3.05, 3.63) is 73.2 Å². The van der Waals surface area contributed by atoms with Gasteiger partial charge in [-0.1, -0.05) is 46.4 Å². The van der Waals surface area contributed by atoms with Gasteiger partial charge in [0.15, 0.2) is 0 Å². The number of carbonyl (C=O) groups excluding carboxylic acids is 1. The van der Waals surface area contributed by atoms with Crippen molar-refractivity contribution in [2.24, 2.45) is 0 Å². The van der Waals surface area contributed by atoms with E-state index in [1.54, 1.807) is 11.9 Å². The maximum Gasteiger partial charge on any atom is 0.250 e. The number of fused-ring (bicyclic) bond motifs is 1. The molecule has 0 saturated heterocycles. The lowest BCUT2D eigenvalue weighted by atomic mass is 10.1. The molecule has 0 spiro atoms. The Labute approximate surface area is 208 Å². The van der Waals surface area contributed by atoms with E-state index in [1.165, 1.54) is 18.5 Å². The van der Waals surface area contributed by atoms with E-state index in [9.17, 15) is 4.79 Å². The topological polar surface area (TPSA) is 112 Å². The molecule has 8 nitrogen and oxygen atoms in total. The molecule has 3 heterocycles. The van der Waals surface area contributed by atoms with E-state index in [-0.39, 0.29) is 11.9 Å². The first-order chi connectivity index (χ1) is 17.0. The van der Waals surface area contributed by atoms with E-state index in [4.69, 9.17) is 11.0 Å². The number of nitrogens with two attached hydrogens (primary N) is 1. The zero-order valence-corrected chi connectivity index (χ0v) is 21.3. The molecule has 0 aliphatic carbocycles. The molecule has 0 fully saturated rings. The van der Waals surface area contributed by atoms with Crippen LogP contribution in [0.25, 0.3) is 10.8 Å². The summed E-state index contributed by atoms with van der Waals surface area (Å²) in [5.41, 5.74) is 6.43. The molecule has 0 radical (unpaired) electrons. The zero-order chi connectivity index (χ0) is 26.2. The number of nitrogens with zero attached hydrogens (tertiary/aromatic N) is 6. The van der Waals surface area contributed by atoms with E-state index in [0.717, 1.165) is 41.8 Å². The van der Waals surface area contributed by atoms with Crippen molar-refractivity contribution in [3.63, 3.8) is 0 Å². The molecule has 2 aromatic heterocycles. The van der Waals surface area contributed by atoms with Gasteiger partial charge in [0.2, 0.25) is 11.9 Å². The molecule has 8 heteroatoms. The number of pyridine rings is 1. The van der Waals surface area contributed by atoms with Crippen molar-refractivity contribution in [2.75, 3.05) is 35.7 Å². The van der Waals surface area contributed by atoms with Crippen molar-refractivity contribution >= 4 is 34.1 Å². The van der Waals surface area contributed by atoms with Gasteiger partial charge in [-0.25, -0.2) is 15.0 Å². The quantitative estimate of drug-likeness (QED) is 0.414. The summed E-state index contributed by atoms with van der Waals surface area (Å²) in [4.78, 5) is 27.4. The number of carbonyl (C=O) groups is 1. The molecule has 35 heavy (non-hydrogen) atoms. The summed E-state index contributed by atoms with van der Waals surface area (Å²) in [6, 6.07) is 9.86. The molecule has 1 aliphatic rings. The minimum absolute atomic E-state index is 0.116. The Morgan fingerprint density at radius 1 is 1.14 bits per heavy atom. The first kappa shape index (κ1) is 28.8. The van der Waals surface area contributed by atoms with E-state index < -0.39 is 0 Å². The van der Waals surface area contributed by atoms with Crippen molar-refractivity contribution in [1.29, 1.82) is 5.26 Å². The van der Waals surface area contributed by atoms with Gasteiger partial charge in [-0.3, -0.25) is 4.79 Å². The Hall–Kier alpha value is -4.25. The van der Waals surface area contributed by atoms with Crippen molar-refractivity contribution in [1.82, 2.24) is 15.0 Å². The molecule has 2 N–H and O–H groups in total. The minimum atomic E-state index is -0.116. The van der Waals surface area contributed by atoms with Gasteiger partial charge in [0, 0.05) is 37.4 Å². The molecule has 184 valence electrons. The average Bonchev–Trinajstić information content (AvgIpc) is 2.95. The third kappa shape index (κ3) is 8.23. The lowest BCUT2D eigenvalue weighted by Gasteiger charge is -2.26. The van der Waals surface area contributed by atoms with Crippen LogP contribution in [0.4, 0.5) is 17.5 Å². The second kappa shape index (κ2) is 15.6. The molecule has 1 amide bonds. The number of hydrogen-bond acceptors (Lipinski definition) is 7. The Morgan fingerprint density at radius 2 is 1.83 bits per heavy atom. The smallest absolute Gasteiger partial charge is 0.250 e. The van der Waals surface area contributed by atoms with Crippen LogP contribution >= 0.6 is 0 Å². The van der Waals surface area contributed by atoms with Crippen molar-refractivity contribution < 1.29 is 4.79 Å². The monoisotopic (exact) mass is 473 g/mol. The summed E-state index contributed by atoms with van der Waals surface area (Å²) in [7, 11) is 1.75. The van der Waals surface area contributed by atoms with Gasteiger partial charge in [0.1, 0.15) is 11.9 Å². The second-order valence-electron chi connectivity index (χ2n) is 6.79. The van der Waals surface area contributed by atoms with Crippen molar-refractivity contribution in [2.45, 2.75) is 34.1 Å². The zero-order valence-electron chi connectivity index (χ0n) is 21.3. The Kier molecular flexibility index (Phi) is 12.8. The van der Waals surface area contributed by atoms with Crippen LogP contribution in [0.5, 0.6) is 0 Å². The number of rotatable bonds is 3. The first-order valence-corrected chi connectivity index (χ1v) is 11.7. The van der Waals surface area contributed by atoms with E-state index in [2.05, 4.69) is 38.6 Å². The standard InChI is InChI=1S/C18H19N3O.C5H4N4.2C2H6/c1-3-17(22)20(2)15-7-8-16-14(13-15)9-10-19-18(16)21-11-5-4-6-12-21;6-1-4-2-8-5(7)9-3-4;2*1-2/h3-5,7-10,13H,1,6,11-12H2,2H3;2-3H,(H2,7,8,9);2*1-2H3. The summed E-state index contributed by atoms with van der Waals surface area (Å²) in [6.45, 7) is 13.4. The van der Waals surface area contributed by atoms with Crippen LogP contribution in [0.15, 0.2) is 67.7 Å². The van der Waals surface area contributed by atoms with Gasteiger partial charge < -0.3 is 15.5 Å². The maximum absolute atomic E-state index is 11.7. The third-order valence-corrected chi connectivity index (χ3v) is 4.78. The van der Waals surface area contributed by atoms with Gasteiger partial charge in [0.25, 0.3) is 0 Å². The fourth-order valence-electron chi connectivity index (χ4n) is 3.10. The molecular weight excluding hydrogens is 438 g/mol. The molecule has 4 rings (SSSR count). The SMILES string of the molecule is C=CC(=O)N(C)c1ccc2c(N3CC=CCC3)nccc2c1.CC.CC.N#Cc1cnc(N)nc1. The molecular formula is C27H35N7O. The van der Waals surface area contributed by atoms with Crippen LogP contribution < -0.4 is 15.5 Å². The second-order valence-corrected chi connectivity index (χ2v) is 6.79.